The van der Waals surface area contributed by atoms with Gasteiger partial charge in [-0.3, -0.25) is 0 Å². The van der Waals surface area contributed by atoms with Crippen LogP contribution < -0.4 is 0 Å². The van der Waals surface area contributed by atoms with E-state index in [-0.39, 0.29) is 12.3 Å². The Bertz CT molecular complexity index is 1090. The summed E-state index contributed by atoms with van der Waals surface area (Å²) in [6, 6.07) is 3.76. The van der Waals surface area contributed by atoms with Crippen LogP contribution in [0.4, 0.5) is 0 Å². The highest BCUT2D eigenvalue weighted by Gasteiger charge is 2.21. The van der Waals surface area contributed by atoms with Crippen molar-refractivity contribution in [3.63, 3.8) is 0 Å². The maximum atomic E-state index is 11.5. The zero-order valence-corrected chi connectivity index (χ0v) is 13.2. The van der Waals surface area contributed by atoms with Gasteiger partial charge < -0.3 is 19.2 Å². The molecule has 0 saturated carbocycles. The summed E-state index contributed by atoms with van der Waals surface area (Å²) in [5.41, 5.74) is 3.52. The fourth-order valence-electron chi connectivity index (χ4n) is 3.10. The highest BCUT2D eigenvalue weighted by molar-refractivity contribution is 6.20. The number of carbonyl (C=O) groups is 1. The van der Waals surface area contributed by atoms with Crippen molar-refractivity contribution in [1.82, 2.24) is 15.0 Å². The smallest absolute Gasteiger partial charge is 0.354 e. The lowest BCUT2D eigenvalue weighted by molar-refractivity contribution is 0.0685. The molecule has 0 radical (unpaired) electrons. The molecule has 0 atom stereocenters. The number of aromatic amines is 1. The highest BCUT2D eigenvalue weighted by atomic mass is 16.5. The summed E-state index contributed by atoms with van der Waals surface area (Å²) in [6.45, 7) is 2.12. The van der Waals surface area contributed by atoms with Crippen molar-refractivity contribution in [2.75, 3.05) is 7.11 Å². The first-order chi connectivity index (χ1) is 11.6. The van der Waals surface area contributed by atoms with E-state index in [1.54, 1.807) is 0 Å². The lowest BCUT2D eigenvalue weighted by Crippen LogP contribution is -2.07. The standard InChI is InChI=1S/C17H15N3O4/c1-3-12-20-16-11(24-12)5-4-9-14(16)13-8(7-23-2)15(17(21)22)18-6-10(13)19-9/h4-6,19H,3,7H2,1-2H3,(H,21,22). The van der Waals surface area contributed by atoms with Gasteiger partial charge in [0.05, 0.1) is 18.3 Å². The monoisotopic (exact) mass is 325 g/mol. The molecular weight excluding hydrogens is 310 g/mol. The zero-order chi connectivity index (χ0) is 16.8. The van der Waals surface area contributed by atoms with Crippen LogP contribution in [0.25, 0.3) is 32.9 Å². The minimum Gasteiger partial charge on any atom is -0.477 e. The molecule has 0 fully saturated rings. The third-order valence-electron chi connectivity index (χ3n) is 4.10. The van der Waals surface area contributed by atoms with Crippen LogP contribution >= 0.6 is 0 Å². The number of ether oxygens (including phenoxy) is 1. The molecule has 0 amide bonds. The van der Waals surface area contributed by atoms with E-state index in [0.717, 1.165) is 27.3 Å². The van der Waals surface area contributed by atoms with Gasteiger partial charge in [-0.05, 0) is 12.1 Å². The van der Waals surface area contributed by atoms with Crippen molar-refractivity contribution >= 4 is 38.9 Å². The second-order valence-electron chi connectivity index (χ2n) is 5.53. The predicted octanol–water partition coefficient (Wildman–Crippen LogP) is 3.26. The summed E-state index contributed by atoms with van der Waals surface area (Å²) in [5.74, 6) is -0.437. The largest absolute Gasteiger partial charge is 0.477 e. The number of aromatic carboxylic acids is 1. The molecule has 1 aromatic carbocycles. The molecule has 0 bridgehead atoms. The minimum atomic E-state index is -1.08. The first kappa shape index (κ1) is 14.6. The van der Waals surface area contributed by atoms with Crippen LogP contribution in [0.3, 0.4) is 0 Å². The molecule has 0 spiro atoms. The Balaban J connectivity index is 2.21. The zero-order valence-electron chi connectivity index (χ0n) is 13.2. The number of carboxylic acid groups (broad SMARTS) is 1. The van der Waals surface area contributed by atoms with Gasteiger partial charge in [0.15, 0.2) is 17.2 Å². The fourth-order valence-corrected chi connectivity index (χ4v) is 3.10. The molecule has 0 unspecified atom stereocenters. The molecule has 7 nitrogen and oxygen atoms in total. The average Bonchev–Trinajstić information content (AvgIpc) is 3.15. The Morgan fingerprint density at radius 2 is 2.17 bits per heavy atom. The number of pyridine rings is 1. The van der Waals surface area contributed by atoms with Crippen LogP contribution in [0.5, 0.6) is 0 Å². The van der Waals surface area contributed by atoms with E-state index in [1.165, 1.54) is 13.3 Å². The highest BCUT2D eigenvalue weighted by Crippen LogP contribution is 2.35. The van der Waals surface area contributed by atoms with Gasteiger partial charge in [-0.25, -0.2) is 14.8 Å². The van der Waals surface area contributed by atoms with Gasteiger partial charge in [-0.15, -0.1) is 0 Å². The van der Waals surface area contributed by atoms with Crippen LogP contribution in [0.2, 0.25) is 0 Å². The molecule has 3 heterocycles. The first-order valence-corrected chi connectivity index (χ1v) is 7.58. The van der Waals surface area contributed by atoms with Crippen molar-refractivity contribution in [1.29, 1.82) is 0 Å². The summed E-state index contributed by atoms with van der Waals surface area (Å²) < 4.78 is 11.0. The quantitative estimate of drug-likeness (QED) is 0.597. The Morgan fingerprint density at radius 1 is 1.33 bits per heavy atom. The molecule has 0 aliphatic heterocycles. The summed E-state index contributed by atoms with van der Waals surface area (Å²) in [6.07, 6.45) is 2.22. The number of H-pyrrole nitrogens is 1. The van der Waals surface area contributed by atoms with Gasteiger partial charge in [-0.2, -0.15) is 0 Å². The number of aromatic nitrogens is 3. The predicted molar refractivity (Wildman–Crippen MR) is 88.2 cm³/mol. The molecule has 3 aromatic heterocycles. The van der Waals surface area contributed by atoms with E-state index in [4.69, 9.17) is 9.15 Å². The number of fused-ring (bicyclic) bond motifs is 5. The number of oxazole rings is 1. The minimum absolute atomic E-state index is 0.0125. The number of methoxy groups -OCH3 is 1. The van der Waals surface area contributed by atoms with Crippen molar-refractivity contribution in [3.8, 4) is 0 Å². The van der Waals surface area contributed by atoms with E-state index >= 15 is 0 Å². The summed E-state index contributed by atoms with van der Waals surface area (Å²) in [4.78, 5) is 23.4. The second-order valence-corrected chi connectivity index (χ2v) is 5.53. The number of aryl methyl sites for hydroxylation is 1. The number of hydrogen-bond acceptors (Lipinski definition) is 5. The van der Waals surface area contributed by atoms with Gasteiger partial charge in [-0.1, -0.05) is 6.92 Å². The van der Waals surface area contributed by atoms with Gasteiger partial charge >= 0.3 is 5.97 Å². The van der Waals surface area contributed by atoms with E-state index in [1.807, 2.05) is 19.1 Å². The van der Waals surface area contributed by atoms with E-state index < -0.39 is 5.97 Å². The van der Waals surface area contributed by atoms with Crippen LogP contribution in [0.1, 0.15) is 28.9 Å². The summed E-state index contributed by atoms with van der Waals surface area (Å²) in [5, 5.41) is 11.1. The second kappa shape index (κ2) is 5.31. The normalized spacial score (nSPS) is 11.8. The Hall–Kier alpha value is -2.93. The van der Waals surface area contributed by atoms with E-state index in [9.17, 15) is 9.90 Å². The molecule has 4 rings (SSSR count). The number of hydrogen-bond donors (Lipinski definition) is 2. The van der Waals surface area contributed by atoms with Crippen LogP contribution in [0, 0.1) is 0 Å². The number of benzene rings is 1. The Morgan fingerprint density at radius 3 is 2.88 bits per heavy atom. The van der Waals surface area contributed by atoms with Gasteiger partial charge in [0.2, 0.25) is 0 Å². The van der Waals surface area contributed by atoms with Gasteiger partial charge in [0.1, 0.15) is 5.52 Å². The topological polar surface area (TPSA) is 101 Å². The van der Waals surface area contributed by atoms with Gasteiger partial charge in [0.25, 0.3) is 0 Å². The molecule has 0 aliphatic rings. The molecular formula is C17H15N3O4. The fraction of sp³-hybridized carbons (Fsp3) is 0.235. The maximum absolute atomic E-state index is 11.5. The first-order valence-electron chi connectivity index (χ1n) is 7.58. The Labute approximate surface area is 136 Å². The maximum Gasteiger partial charge on any atom is 0.354 e. The molecule has 0 saturated heterocycles. The van der Waals surface area contributed by atoms with Crippen molar-refractivity contribution < 1.29 is 19.1 Å². The van der Waals surface area contributed by atoms with Crippen LogP contribution in [0.15, 0.2) is 22.7 Å². The van der Waals surface area contributed by atoms with E-state index in [0.29, 0.717) is 23.5 Å². The molecule has 24 heavy (non-hydrogen) atoms. The van der Waals surface area contributed by atoms with Gasteiger partial charge in [0, 0.05) is 35.4 Å². The Kier molecular flexibility index (Phi) is 3.24. The van der Waals surface area contributed by atoms with Crippen molar-refractivity contribution in [3.05, 3.63) is 35.5 Å². The SMILES string of the molecule is CCc1nc2c(ccc3[nH]c4cnc(C(=O)O)c(COC)c4c32)o1. The number of rotatable bonds is 4. The molecule has 2 N–H and O–H groups in total. The van der Waals surface area contributed by atoms with Crippen LogP contribution in [-0.4, -0.2) is 33.1 Å². The van der Waals surface area contributed by atoms with Crippen molar-refractivity contribution in [2.24, 2.45) is 0 Å². The summed E-state index contributed by atoms with van der Waals surface area (Å²) >= 11 is 0. The lowest BCUT2D eigenvalue weighted by atomic mass is 10.0. The third-order valence-corrected chi connectivity index (χ3v) is 4.10. The molecule has 7 heteroatoms. The van der Waals surface area contributed by atoms with E-state index in [2.05, 4.69) is 15.0 Å². The number of nitrogens with one attached hydrogen (secondary N) is 1. The number of carboxylic acids is 1. The third kappa shape index (κ3) is 1.98. The lowest BCUT2D eigenvalue weighted by Gasteiger charge is -2.06. The molecule has 0 aliphatic carbocycles. The summed E-state index contributed by atoms with van der Waals surface area (Å²) in [7, 11) is 1.53. The van der Waals surface area contributed by atoms with Crippen LogP contribution in [-0.2, 0) is 17.8 Å². The molecule has 122 valence electrons. The van der Waals surface area contributed by atoms with Crippen molar-refractivity contribution in [2.45, 2.75) is 20.0 Å². The molecule has 4 aromatic rings. The average molecular weight is 325 g/mol. The number of nitrogens with zero attached hydrogens (tertiary/aromatic N) is 2.